The van der Waals surface area contributed by atoms with E-state index in [1.165, 1.54) is 6.20 Å². The Morgan fingerprint density at radius 3 is 2.24 bits per heavy atom. The summed E-state index contributed by atoms with van der Waals surface area (Å²) in [6.45, 7) is 1.82. The molecule has 0 saturated carbocycles. The Hall–Kier alpha value is -4.37. The average molecular weight is 558 g/mol. The number of nitrogens with one attached hydrogen (secondary N) is 3. The molecule has 37 heavy (non-hydrogen) atoms. The van der Waals surface area contributed by atoms with E-state index in [0.717, 1.165) is 10.0 Å². The zero-order valence-electron chi connectivity index (χ0n) is 20.2. The first kappa shape index (κ1) is 24.3. The Morgan fingerprint density at radius 2 is 1.57 bits per heavy atom. The van der Waals surface area contributed by atoms with Gasteiger partial charge in [-0.1, -0.05) is 46.3 Å². The zero-order valence-corrected chi connectivity index (χ0v) is 21.7. The number of aromatic nitrogens is 2. The third-order valence-electron chi connectivity index (χ3n) is 6.08. The number of halogens is 1. The minimum absolute atomic E-state index is 0.278. The number of amides is 2. The van der Waals surface area contributed by atoms with Crippen LogP contribution in [0.25, 0.3) is 0 Å². The van der Waals surface area contributed by atoms with Gasteiger partial charge >= 0.3 is 0 Å². The summed E-state index contributed by atoms with van der Waals surface area (Å²) in [5.41, 5.74) is 3.65. The molecule has 0 unspecified atom stereocenters. The number of para-hydroxylation sites is 1. The first-order chi connectivity index (χ1) is 17.9. The van der Waals surface area contributed by atoms with Crippen LogP contribution in [0.15, 0.2) is 101 Å². The lowest BCUT2D eigenvalue weighted by Crippen LogP contribution is -2.32. The van der Waals surface area contributed by atoms with Gasteiger partial charge in [-0.2, -0.15) is 5.10 Å². The normalized spacial score (nSPS) is 14.4. The average Bonchev–Trinajstić information content (AvgIpc) is 3.33. The van der Waals surface area contributed by atoms with Crippen LogP contribution in [0.2, 0.25) is 0 Å². The van der Waals surface area contributed by atoms with Crippen LogP contribution in [0.1, 0.15) is 28.9 Å². The van der Waals surface area contributed by atoms with Gasteiger partial charge in [-0.25, -0.2) is 4.68 Å². The Morgan fingerprint density at radius 1 is 0.919 bits per heavy atom. The third-order valence-corrected chi connectivity index (χ3v) is 6.61. The van der Waals surface area contributed by atoms with Crippen LogP contribution in [0.4, 0.5) is 17.2 Å². The van der Waals surface area contributed by atoms with Gasteiger partial charge in [0.25, 0.3) is 11.8 Å². The lowest BCUT2D eigenvalue weighted by molar-refractivity contribution is -0.113. The van der Waals surface area contributed by atoms with Crippen molar-refractivity contribution in [1.29, 1.82) is 0 Å². The van der Waals surface area contributed by atoms with Crippen molar-refractivity contribution in [2.45, 2.75) is 13.0 Å². The summed E-state index contributed by atoms with van der Waals surface area (Å²) in [7, 11) is 1.59. The second-order valence-electron chi connectivity index (χ2n) is 8.47. The highest BCUT2D eigenvalue weighted by Crippen LogP contribution is 2.38. The SMILES string of the molecule is COc1ccc(NC(=O)C2=C(C)Nc3c(C(=O)Nc4ccccc4)cnn3[C@H]2c2ccc(Br)cc2)cc1. The molecular formula is C28H24BrN5O3. The number of allylic oxidation sites excluding steroid dienone is 1. The fourth-order valence-electron chi connectivity index (χ4n) is 4.26. The van der Waals surface area contributed by atoms with Crippen molar-refractivity contribution in [3.8, 4) is 5.75 Å². The van der Waals surface area contributed by atoms with Crippen molar-refractivity contribution in [2.24, 2.45) is 0 Å². The van der Waals surface area contributed by atoms with E-state index >= 15 is 0 Å². The van der Waals surface area contributed by atoms with Gasteiger partial charge in [0.05, 0.1) is 18.9 Å². The van der Waals surface area contributed by atoms with E-state index < -0.39 is 6.04 Å². The summed E-state index contributed by atoms with van der Waals surface area (Å²) in [5.74, 6) is 0.635. The first-order valence-corrected chi connectivity index (χ1v) is 12.4. The Balaban J connectivity index is 1.52. The van der Waals surface area contributed by atoms with Crippen LogP contribution in [0, 0.1) is 0 Å². The number of ether oxygens (including phenoxy) is 1. The molecule has 0 spiro atoms. The van der Waals surface area contributed by atoms with Crippen LogP contribution in [0.3, 0.4) is 0 Å². The summed E-state index contributed by atoms with van der Waals surface area (Å²) >= 11 is 3.48. The smallest absolute Gasteiger partial charge is 0.261 e. The van der Waals surface area contributed by atoms with E-state index in [-0.39, 0.29) is 11.8 Å². The van der Waals surface area contributed by atoms with E-state index in [0.29, 0.717) is 39.8 Å². The number of nitrogens with zero attached hydrogens (tertiary/aromatic N) is 2. The van der Waals surface area contributed by atoms with Crippen LogP contribution >= 0.6 is 15.9 Å². The number of anilines is 3. The van der Waals surface area contributed by atoms with Gasteiger partial charge in [0.1, 0.15) is 23.2 Å². The number of methoxy groups -OCH3 is 1. The van der Waals surface area contributed by atoms with Gasteiger partial charge < -0.3 is 20.7 Å². The summed E-state index contributed by atoms with van der Waals surface area (Å²) in [6.07, 6.45) is 1.52. The molecule has 0 saturated heterocycles. The molecule has 0 aliphatic carbocycles. The quantitative estimate of drug-likeness (QED) is 0.277. The maximum atomic E-state index is 13.6. The number of benzene rings is 3. The minimum atomic E-state index is -0.555. The molecule has 1 aliphatic heterocycles. The fourth-order valence-corrected chi connectivity index (χ4v) is 4.53. The number of hydrogen-bond acceptors (Lipinski definition) is 5. The highest BCUT2D eigenvalue weighted by atomic mass is 79.9. The Kier molecular flexibility index (Phi) is 6.78. The van der Waals surface area contributed by atoms with Crippen LogP contribution in [-0.4, -0.2) is 28.7 Å². The van der Waals surface area contributed by atoms with Crippen LogP contribution in [0.5, 0.6) is 5.75 Å². The summed E-state index contributed by atoms with van der Waals surface area (Å²) in [5, 5.41) is 13.7. The molecule has 186 valence electrons. The molecule has 3 N–H and O–H groups in total. The number of hydrogen-bond donors (Lipinski definition) is 3. The van der Waals surface area contributed by atoms with Gasteiger partial charge in [-0.05, 0) is 61.0 Å². The predicted octanol–water partition coefficient (Wildman–Crippen LogP) is 5.83. The molecule has 5 rings (SSSR count). The molecular weight excluding hydrogens is 534 g/mol. The minimum Gasteiger partial charge on any atom is -0.497 e. The zero-order chi connectivity index (χ0) is 25.9. The monoisotopic (exact) mass is 557 g/mol. The lowest BCUT2D eigenvalue weighted by atomic mass is 9.94. The summed E-state index contributed by atoms with van der Waals surface area (Å²) in [6, 6.07) is 23.5. The highest BCUT2D eigenvalue weighted by molar-refractivity contribution is 9.10. The molecule has 9 heteroatoms. The second-order valence-corrected chi connectivity index (χ2v) is 9.39. The first-order valence-electron chi connectivity index (χ1n) is 11.6. The lowest BCUT2D eigenvalue weighted by Gasteiger charge is -2.30. The van der Waals surface area contributed by atoms with Crippen LogP contribution < -0.4 is 20.7 Å². The Bertz CT molecular complexity index is 1480. The largest absolute Gasteiger partial charge is 0.497 e. The van der Waals surface area contributed by atoms with Gasteiger partial charge in [0.2, 0.25) is 0 Å². The van der Waals surface area contributed by atoms with E-state index in [2.05, 4.69) is 37.0 Å². The maximum absolute atomic E-state index is 13.6. The molecule has 1 atom stereocenters. The number of fused-ring (bicyclic) bond motifs is 1. The second kappa shape index (κ2) is 10.3. The molecule has 3 aromatic carbocycles. The molecule has 1 aromatic heterocycles. The molecule has 0 radical (unpaired) electrons. The van der Waals surface area contributed by atoms with Crippen molar-refractivity contribution in [2.75, 3.05) is 23.1 Å². The van der Waals surface area contributed by atoms with E-state index in [1.807, 2.05) is 61.5 Å². The van der Waals surface area contributed by atoms with Gasteiger partial charge in [-0.15, -0.1) is 0 Å². The van der Waals surface area contributed by atoms with E-state index in [1.54, 1.807) is 36.1 Å². The standard InChI is InChI=1S/C28H24BrN5O3/c1-17-24(28(36)33-21-12-14-22(37-2)15-13-21)25(18-8-10-19(29)11-9-18)34-26(31-17)23(16-30-34)27(35)32-20-6-4-3-5-7-20/h3-16,25,31H,1-2H3,(H,32,35)(H,33,36)/t25-/m0/s1. The molecule has 0 fully saturated rings. The van der Waals surface area contributed by atoms with Crippen LogP contribution in [-0.2, 0) is 4.79 Å². The fraction of sp³-hybridized carbons (Fsp3) is 0.107. The molecule has 8 nitrogen and oxygen atoms in total. The molecule has 0 bridgehead atoms. The molecule has 2 amide bonds. The summed E-state index contributed by atoms with van der Waals surface area (Å²) in [4.78, 5) is 26.7. The Labute approximate surface area is 222 Å². The number of carbonyl (C=O) groups is 2. The molecule has 4 aromatic rings. The summed E-state index contributed by atoms with van der Waals surface area (Å²) < 4.78 is 7.81. The maximum Gasteiger partial charge on any atom is 0.261 e. The number of carbonyl (C=O) groups excluding carboxylic acids is 2. The van der Waals surface area contributed by atoms with Crippen molar-refractivity contribution in [3.05, 3.63) is 112 Å². The van der Waals surface area contributed by atoms with E-state index in [4.69, 9.17) is 4.74 Å². The van der Waals surface area contributed by atoms with Crippen molar-refractivity contribution >= 4 is 44.9 Å². The molecule has 2 heterocycles. The van der Waals surface area contributed by atoms with Crippen molar-refractivity contribution < 1.29 is 14.3 Å². The third kappa shape index (κ3) is 4.99. The van der Waals surface area contributed by atoms with Gasteiger partial charge in [0.15, 0.2) is 0 Å². The van der Waals surface area contributed by atoms with Crippen molar-refractivity contribution in [1.82, 2.24) is 9.78 Å². The predicted molar refractivity (Wildman–Crippen MR) is 147 cm³/mol. The van der Waals surface area contributed by atoms with E-state index in [9.17, 15) is 9.59 Å². The van der Waals surface area contributed by atoms with Crippen molar-refractivity contribution in [3.63, 3.8) is 0 Å². The van der Waals surface area contributed by atoms with Gasteiger partial charge in [-0.3, -0.25) is 9.59 Å². The number of rotatable bonds is 6. The molecule has 1 aliphatic rings. The van der Waals surface area contributed by atoms with Gasteiger partial charge in [0, 0.05) is 21.5 Å². The topological polar surface area (TPSA) is 97.3 Å². The highest BCUT2D eigenvalue weighted by Gasteiger charge is 2.35.